The highest BCUT2D eigenvalue weighted by atomic mass is 32.2. The van der Waals surface area contributed by atoms with E-state index in [0.29, 0.717) is 12.3 Å². The van der Waals surface area contributed by atoms with Gasteiger partial charge in [-0.1, -0.05) is 42.5 Å². The van der Waals surface area contributed by atoms with Crippen LogP contribution in [0, 0.1) is 5.82 Å². The van der Waals surface area contributed by atoms with Crippen molar-refractivity contribution >= 4 is 23.6 Å². The lowest BCUT2D eigenvalue weighted by atomic mass is 10.1. The van der Waals surface area contributed by atoms with E-state index in [9.17, 15) is 14.0 Å². The number of rotatable bonds is 9. The number of amides is 2. The van der Waals surface area contributed by atoms with Gasteiger partial charge in [-0.3, -0.25) is 9.59 Å². The Hall–Kier alpha value is -2.34. The molecule has 0 saturated heterocycles. The summed E-state index contributed by atoms with van der Waals surface area (Å²) in [5.74, 6) is 0.329. The molecule has 0 spiro atoms. The molecular formula is C22H27FN2O2S. The summed E-state index contributed by atoms with van der Waals surface area (Å²) in [6.45, 7) is 5.92. The van der Waals surface area contributed by atoms with Crippen LogP contribution < -0.4 is 5.32 Å². The fraction of sp³-hybridized carbons (Fsp3) is 0.364. The first-order valence-corrected chi connectivity index (χ1v) is 10.5. The van der Waals surface area contributed by atoms with Crippen LogP contribution in [0.4, 0.5) is 4.39 Å². The van der Waals surface area contributed by atoms with Gasteiger partial charge in [0.1, 0.15) is 11.9 Å². The van der Waals surface area contributed by atoms with Crippen LogP contribution in [0.1, 0.15) is 31.9 Å². The van der Waals surface area contributed by atoms with Crippen molar-refractivity contribution in [3.05, 3.63) is 71.5 Å². The van der Waals surface area contributed by atoms with Crippen molar-refractivity contribution in [1.82, 2.24) is 10.2 Å². The van der Waals surface area contributed by atoms with E-state index in [-0.39, 0.29) is 29.4 Å². The van der Waals surface area contributed by atoms with Crippen LogP contribution in [0.25, 0.3) is 0 Å². The first-order chi connectivity index (χ1) is 13.4. The van der Waals surface area contributed by atoms with Gasteiger partial charge in [0.15, 0.2) is 0 Å². The van der Waals surface area contributed by atoms with Crippen LogP contribution in [-0.4, -0.2) is 34.6 Å². The Morgan fingerprint density at radius 1 is 1.00 bits per heavy atom. The molecule has 2 aromatic carbocycles. The highest BCUT2D eigenvalue weighted by molar-refractivity contribution is 7.99. The number of benzene rings is 2. The van der Waals surface area contributed by atoms with Gasteiger partial charge in [0.25, 0.3) is 0 Å². The summed E-state index contributed by atoms with van der Waals surface area (Å²) in [7, 11) is 0. The van der Waals surface area contributed by atoms with Crippen molar-refractivity contribution in [3.63, 3.8) is 0 Å². The monoisotopic (exact) mass is 402 g/mol. The Morgan fingerprint density at radius 2 is 1.64 bits per heavy atom. The molecule has 28 heavy (non-hydrogen) atoms. The molecule has 6 heteroatoms. The van der Waals surface area contributed by atoms with E-state index in [1.165, 1.54) is 23.9 Å². The van der Waals surface area contributed by atoms with Gasteiger partial charge in [-0.2, -0.15) is 0 Å². The molecular weight excluding hydrogens is 375 g/mol. The largest absolute Gasteiger partial charge is 0.352 e. The first-order valence-electron chi connectivity index (χ1n) is 9.32. The predicted molar refractivity (Wildman–Crippen MR) is 112 cm³/mol. The van der Waals surface area contributed by atoms with Crippen LogP contribution >= 0.6 is 11.8 Å². The molecule has 2 rings (SSSR count). The third-order valence-corrected chi connectivity index (χ3v) is 5.19. The topological polar surface area (TPSA) is 49.4 Å². The molecule has 0 aliphatic heterocycles. The molecule has 4 nitrogen and oxygen atoms in total. The minimum Gasteiger partial charge on any atom is -0.352 e. The third kappa shape index (κ3) is 7.00. The number of carbonyl (C=O) groups excluding carboxylic acids is 2. The maximum atomic E-state index is 13.0. The van der Waals surface area contributed by atoms with Crippen LogP contribution in [0.2, 0.25) is 0 Å². The van der Waals surface area contributed by atoms with E-state index in [4.69, 9.17) is 0 Å². The Morgan fingerprint density at radius 3 is 2.25 bits per heavy atom. The zero-order valence-electron chi connectivity index (χ0n) is 16.5. The molecule has 0 fully saturated rings. The van der Waals surface area contributed by atoms with Gasteiger partial charge in [0, 0.05) is 18.3 Å². The predicted octanol–water partition coefficient (Wildman–Crippen LogP) is 4.00. The van der Waals surface area contributed by atoms with Gasteiger partial charge in [-0.25, -0.2) is 4.39 Å². The molecule has 1 unspecified atom stereocenters. The number of nitrogens with zero attached hydrogens (tertiary/aromatic N) is 1. The second-order valence-corrected chi connectivity index (χ2v) is 7.95. The SMILES string of the molecule is CC(C)NC(=O)C(C)N(Cc1ccccc1)C(=O)CSCc1ccc(F)cc1. The molecule has 0 radical (unpaired) electrons. The number of halogens is 1. The Kier molecular flexibility index (Phi) is 8.51. The normalized spacial score (nSPS) is 11.9. The minimum absolute atomic E-state index is 0.0106. The number of carbonyl (C=O) groups is 2. The highest BCUT2D eigenvalue weighted by Gasteiger charge is 2.26. The van der Waals surface area contributed by atoms with Crippen LogP contribution in [0.3, 0.4) is 0 Å². The van der Waals surface area contributed by atoms with E-state index in [0.717, 1.165) is 11.1 Å². The summed E-state index contributed by atoms with van der Waals surface area (Å²) in [6.07, 6.45) is 0. The average molecular weight is 403 g/mol. The van der Waals surface area contributed by atoms with E-state index < -0.39 is 6.04 Å². The molecule has 1 N–H and O–H groups in total. The second-order valence-electron chi connectivity index (χ2n) is 6.97. The lowest BCUT2D eigenvalue weighted by molar-refractivity contribution is -0.138. The summed E-state index contributed by atoms with van der Waals surface area (Å²) in [5, 5.41) is 2.88. The van der Waals surface area contributed by atoms with Gasteiger partial charge < -0.3 is 10.2 Å². The van der Waals surface area contributed by atoms with E-state index >= 15 is 0 Å². The molecule has 0 aromatic heterocycles. The zero-order chi connectivity index (χ0) is 20.5. The van der Waals surface area contributed by atoms with Gasteiger partial charge in [-0.15, -0.1) is 11.8 Å². The highest BCUT2D eigenvalue weighted by Crippen LogP contribution is 2.16. The average Bonchev–Trinajstić information content (AvgIpc) is 2.67. The lowest BCUT2D eigenvalue weighted by Crippen LogP contribution is -2.49. The minimum atomic E-state index is -0.568. The Labute approximate surface area is 170 Å². The second kappa shape index (κ2) is 10.9. The molecule has 0 aliphatic carbocycles. The lowest BCUT2D eigenvalue weighted by Gasteiger charge is -2.29. The number of nitrogens with one attached hydrogen (secondary N) is 1. The Balaban J connectivity index is 2.02. The quantitative estimate of drug-likeness (QED) is 0.690. The summed E-state index contributed by atoms with van der Waals surface area (Å²) in [5.41, 5.74) is 1.93. The van der Waals surface area contributed by atoms with Crippen molar-refractivity contribution in [2.45, 2.75) is 45.2 Å². The fourth-order valence-corrected chi connectivity index (χ4v) is 3.56. The van der Waals surface area contributed by atoms with Crippen molar-refractivity contribution in [2.24, 2.45) is 0 Å². The van der Waals surface area contributed by atoms with E-state index in [1.807, 2.05) is 44.2 Å². The maximum Gasteiger partial charge on any atom is 0.242 e. The first kappa shape index (κ1) is 22.0. The van der Waals surface area contributed by atoms with E-state index in [2.05, 4.69) is 5.32 Å². The molecule has 0 saturated carbocycles. The number of thioether (sulfide) groups is 1. The fourth-order valence-electron chi connectivity index (χ4n) is 2.69. The van der Waals surface area contributed by atoms with Crippen molar-refractivity contribution in [1.29, 1.82) is 0 Å². The molecule has 0 aliphatic rings. The number of hydrogen-bond acceptors (Lipinski definition) is 3. The van der Waals surface area contributed by atoms with Crippen molar-refractivity contribution < 1.29 is 14.0 Å². The van der Waals surface area contributed by atoms with Gasteiger partial charge >= 0.3 is 0 Å². The third-order valence-electron chi connectivity index (χ3n) is 4.20. The zero-order valence-corrected chi connectivity index (χ0v) is 17.3. The molecule has 2 aromatic rings. The number of hydrogen-bond donors (Lipinski definition) is 1. The summed E-state index contributed by atoms with van der Waals surface area (Å²) < 4.78 is 13.0. The smallest absolute Gasteiger partial charge is 0.242 e. The molecule has 150 valence electrons. The molecule has 0 bridgehead atoms. The van der Waals surface area contributed by atoms with Crippen LogP contribution in [-0.2, 0) is 21.9 Å². The van der Waals surface area contributed by atoms with E-state index in [1.54, 1.807) is 24.0 Å². The molecule has 1 atom stereocenters. The van der Waals surface area contributed by atoms with Crippen LogP contribution in [0.5, 0.6) is 0 Å². The van der Waals surface area contributed by atoms with Gasteiger partial charge in [0.2, 0.25) is 11.8 Å². The van der Waals surface area contributed by atoms with Crippen molar-refractivity contribution in [3.8, 4) is 0 Å². The maximum absolute atomic E-state index is 13.0. The summed E-state index contributed by atoms with van der Waals surface area (Å²) in [6, 6.07) is 15.3. The summed E-state index contributed by atoms with van der Waals surface area (Å²) in [4.78, 5) is 27.0. The van der Waals surface area contributed by atoms with Crippen LogP contribution in [0.15, 0.2) is 54.6 Å². The summed E-state index contributed by atoms with van der Waals surface area (Å²) >= 11 is 1.46. The van der Waals surface area contributed by atoms with Gasteiger partial charge in [0.05, 0.1) is 5.75 Å². The van der Waals surface area contributed by atoms with Crippen molar-refractivity contribution in [2.75, 3.05) is 5.75 Å². The Bertz CT molecular complexity index is 766. The molecule has 0 heterocycles. The van der Waals surface area contributed by atoms with Gasteiger partial charge in [-0.05, 0) is 44.0 Å². The molecule has 2 amide bonds. The standard InChI is InChI=1S/C22H27FN2O2S/c1-16(2)24-22(27)17(3)25(13-18-7-5-4-6-8-18)21(26)15-28-14-19-9-11-20(23)12-10-19/h4-12,16-17H,13-15H2,1-3H3,(H,24,27).